The number of ether oxygens (including phenoxy) is 1. The van der Waals surface area contributed by atoms with E-state index < -0.39 is 0 Å². The third-order valence-electron chi connectivity index (χ3n) is 5.04. The fourth-order valence-electron chi connectivity index (χ4n) is 3.62. The molecule has 0 saturated carbocycles. The molecule has 2 aliphatic heterocycles. The van der Waals surface area contributed by atoms with Crippen LogP contribution in [-0.2, 0) is 11.2 Å². The first-order valence-electron chi connectivity index (χ1n) is 8.19. The van der Waals surface area contributed by atoms with E-state index in [1.807, 2.05) is 0 Å². The van der Waals surface area contributed by atoms with Crippen LogP contribution >= 0.6 is 11.8 Å². The van der Waals surface area contributed by atoms with Crippen LogP contribution in [0.5, 0.6) is 0 Å². The summed E-state index contributed by atoms with van der Waals surface area (Å²) in [6.07, 6.45) is 4.04. The molecule has 3 rings (SSSR count). The van der Waals surface area contributed by atoms with Crippen molar-refractivity contribution in [2.45, 2.75) is 62.3 Å². The minimum absolute atomic E-state index is 0.310. The normalized spacial score (nSPS) is 31.8. The van der Waals surface area contributed by atoms with Gasteiger partial charge in [-0.05, 0) is 37.8 Å². The van der Waals surface area contributed by atoms with Crippen LogP contribution in [0.1, 0.15) is 39.2 Å². The highest BCUT2D eigenvalue weighted by Gasteiger charge is 2.43. The molecule has 116 valence electrons. The summed E-state index contributed by atoms with van der Waals surface area (Å²) in [5, 5.41) is 4.37. The monoisotopic (exact) mass is 305 g/mol. The molecule has 0 aromatic heterocycles. The summed E-state index contributed by atoms with van der Waals surface area (Å²) in [5.41, 5.74) is 1.84. The van der Waals surface area contributed by atoms with Crippen LogP contribution in [0.4, 0.5) is 0 Å². The van der Waals surface area contributed by atoms with Crippen LogP contribution in [0.15, 0.2) is 29.2 Å². The van der Waals surface area contributed by atoms with E-state index in [-0.39, 0.29) is 0 Å². The predicted molar refractivity (Wildman–Crippen MR) is 90.0 cm³/mol. The lowest BCUT2D eigenvalue weighted by Gasteiger charge is -2.35. The van der Waals surface area contributed by atoms with Crippen LogP contribution < -0.4 is 5.32 Å². The third kappa shape index (κ3) is 3.30. The van der Waals surface area contributed by atoms with Gasteiger partial charge in [-0.15, -0.1) is 11.8 Å². The molecule has 0 spiro atoms. The SMILES string of the molecule is CC(C)NCC1(CC2Cc3ccccc3S2)CCOC1C. The maximum absolute atomic E-state index is 5.94. The van der Waals surface area contributed by atoms with Gasteiger partial charge in [0.25, 0.3) is 0 Å². The van der Waals surface area contributed by atoms with Crippen molar-refractivity contribution in [2.75, 3.05) is 13.2 Å². The summed E-state index contributed by atoms with van der Waals surface area (Å²) >= 11 is 2.07. The summed E-state index contributed by atoms with van der Waals surface area (Å²) in [5.74, 6) is 0. The van der Waals surface area contributed by atoms with Crippen molar-refractivity contribution in [3.05, 3.63) is 29.8 Å². The highest BCUT2D eigenvalue weighted by molar-refractivity contribution is 8.00. The van der Waals surface area contributed by atoms with Crippen molar-refractivity contribution in [3.8, 4) is 0 Å². The molecule has 1 saturated heterocycles. The highest BCUT2D eigenvalue weighted by Crippen LogP contribution is 2.46. The molecule has 1 fully saturated rings. The molecule has 2 nitrogen and oxygen atoms in total. The minimum atomic E-state index is 0.310. The van der Waals surface area contributed by atoms with E-state index in [0.717, 1.165) is 13.2 Å². The number of benzene rings is 1. The number of fused-ring (bicyclic) bond motifs is 1. The standard InChI is InChI=1S/C18H27NOS/c1-13(2)19-12-18(8-9-20-14(18)3)11-16-10-15-6-4-5-7-17(15)21-16/h4-7,13-14,16,19H,8-12H2,1-3H3. The molecule has 1 aromatic carbocycles. The van der Waals surface area contributed by atoms with Gasteiger partial charge in [-0.1, -0.05) is 32.0 Å². The molecular formula is C18H27NOS. The van der Waals surface area contributed by atoms with Crippen molar-refractivity contribution in [1.82, 2.24) is 5.32 Å². The van der Waals surface area contributed by atoms with E-state index in [1.165, 1.54) is 29.7 Å². The van der Waals surface area contributed by atoms with Gasteiger partial charge in [0.1, 0.15) is 0 Å². The van der Waals surface area contributed by atoms with E-state index in [4.69, 9.17) is 4.74 Å². The van der Waals surface area contributed by atoms with E-state index >= 15 is 0 Å². The first-order valence-corrected chi connectivity index (χ1v) is 9.06. The second-order valence-electron chi connectivity index (χ2n) is 6.92. The number of thioether (sulfide) groups is 1. The van der Waals surface area contributed by atoms with Gasteiger partial charge in [0.2, 0.25) is 0 Å². The van der Waals surface area contributed by atoms with Gasteiger partial charge in [0.15, 0.2) is 0 Å². The Kier molecular flexibility index (Phi) is 4.63. The largest absolute Gasteiger partial charge is 0.378 e. The summed E-state index contributed by atoms with van der Waals surface area (Å²) < 4.78 is 5.94. The second kappa shape index (κ2) is 6.31. The van der Waals surface area contributed by atoms with E-state index in [0.29, 0.717) is 22.8 Å². The molecule has 3 unspecified atom stereocenters. The molecule has 21 heavy (non-hydrogen) atoms. The molecule has 0 aliphatic carbocycles. The molecule has 2 aliphatic rings. The first kappa shape index (κ1) is 15.4. The van der Waals surface area contributed by atoms with Gasteiger partial charge in [0, 0.05) is 34.8 Å². The van der Waals surface area contributed by atoms with Gasteiger partial charge in [-0.2, -0.15) is 0 Å². The average Bonchev–Trinajstić information content (AvgIpc) is 3.01. The molecule has 1 N–H and O–H groups in total. The molecule has 0 bridgehead atoms. The summed E-state index contributed by atoms with van der Waals surface area (Å²) in [6, 6.07) is 9.43. The van der Waals surface area contributed by atoms with Gasteiger partial charge < -0.3 is 10.1 Å². The molecule has 0 amide bonds. The lowest BCUT2D eigenvalue weighted by Crippen LogP contribution is -2.43. The molecule has 1 aromatic rings. The lowest BCUT2D eigenvalue weighted by molar-refractivity contribution is 0.0574. The van der Waals surface area contributed by atoms with Crippen molar-refractivity contribution in [1.29, 1.82) is 0 Å². The maximum atomic E-state index is 5.94. The smallest absolute Gasteiger partial charge is 0.0616 e. The van der Waals surface area contributed by atoms with Crippen molar-refractivity contribution in [3.63, 3.8) is 0 Å². The van der Waals surface area contributed by atoms with Crippen LogP contribution in [0, 0.1) is 5.41 Å². The highest BCUT2D eigenvalue weighted by atomic mass is 32.2. The topological polar surface area (TPSA) is 21.3 Å². The fourth-order valence-corrected chi connectivity index (χ4v) is 5.12. The van der Waals surface area contributed by atoms with Gasteiger partial charge in [-0.25, -0.2) is 0 Å². The van der Waals surface area contributed by atoms with Crippen molar-refractivity contribution >= 4 is 11.8 Å². The Morgan fingerprint density at radius 2 is 2.19 bits per heavy atom. The van der Waals surface area contributed by atoms with Gasteiger partial charge >= 0.3 is 0 Å². The van der Waals surface area contributed by atoms with Crippen LogP contribution in [-0.4, -0.2) is 30.5 Å². The zero-order valence-electron chi connectivity index (χ0n) is 13.4. The maximum Gasteiger partial charge on any atom is 0.0616 e. The van der Waals surface area contributed by atoms with E-state index in [9.17, 15) is 0 Å². The van der Waals surface area contributed by atoms with Gasteiger partial charge in [0.05, 0.1) is 6.10 Å². The quantitative estimate of drug-likeness (QED) is 0.892. The Balaban J connectivity index is 1.69. The Labute approximate surface area is 133 Å². The predicted octanol–water partition coefficient (Wildman–Crippen LogP) is 3.89. The summed E-state index contributed by atoms with van der Waals surface area (Å²) in [6.45, 7) is 8.73. The molecule has 3 atom stereocenters. The average molecular weight is 305 g/mol. The summed E-state index contributed by atoms with van der Waals surface area (Å²) in [4.78, 5) is 1.49. The number of rotatable bonds is 5. The Morgan fingerprint density at radius 1 is 1.38 bits per heavy atom. The molecule has 0 radical (unpaired) electrons. The summed E-state index contributed by atoms with van der Waals surface area (Å²) in [7, 11) is 0. The zero-order valence-corrected chi connectivity index (χ0v) is 14.2. The van der Waals surface area contributed by atoms with E-state index in [2.05, 4.69) is 62.1 Å². The molecule has 2 heterocycles. The van der Waals surface area contributed by atoms with Gasteiger partial charge in [-0.3, -0.25) is 0 Å². The zero-order chi connectivity index (χ0) is 14.9. The second-order valence-corrected chi connectivity index (χ2v) is 8.26. The first-order chi connectivity index (χ1) is 10.1. The number of nitrogens with one attached hydrogen (secondary N) is 1. The van der Waals surface area contributed by atoms with Crippen molar-refractivity contribution < 1.29 is 4.74 Å². The van der Waals surface area contributed by atoms with Crippen LogP contribution in [0.2, 0.25) is 0 Å². The Bertz CT molecular complexity index is 465. The Hall–Kier alpha value is -0.510. The van der Waals surface area contributed by atoms with Crippen LogP contribution in [0.3, 0.4) is 0 Å². The Morgan fingerprint density at radius 3 is 2.86 bits per heavy atom. The number of hydrogen-bond acceptors (Lipinski definition) is 3. The lowest BCUT2D eigenvalue weighted by atomic mass is 9.76. The van der Waals surface area contributed by atoms with Crippen LogP contribution in [0.25, 0.3) is 0 Å². The van der Waals surface area contributed by atoms with Crippen molar-refractivity contribution in [2.24, 2.45) is 5.41 Å². The third-order valence-corrected chi connectivity index (χ3v) is 6.36. The molecular weight excluding hydrogens is 278 g/mol. The fraction of sp³-hybridized carbons (Fsp3) is 0.667. The van der Waals surface area contributed by atoms with E-state index in [1.54, 1.807) is 0 Å². The minimum Gasteiger partial charge on any atom is -0.378 e. The number of hydrogen-bond donors (Lipinski definition) is 1. The molecule has 3 heteroatoms.